The summed E-state index contributed by atoms with van der Waals surface area (Å²) in [4.78, 5) is 75.7. The largest absolute Gasteiger partial charge is 0.354 e. The van der Waals surface area contributed by atoms with Gasteiger partial charge in [0.15, 0.2) is 0 Å². The first-order valence-corrected chi connectivity index (χ1v) is 15.1. The molecule has 2 saturated carbocycles. The van der Waals surface area contributed by atoms with Crippen LogP contribution >= 0.6 is 0 Å². The second-order valence-electron chi connectivity index (χ2n) is 13.3. The van der Waals surface area contributed by atoms with Gasteiger partial charge >= 0.3 is 0 Å². The highest BCUT2D eigenvalue weighted by molar-refractivity contribution is 5.98. The van der Waals surface area contributed by atoms with Crippen LogP contribution in [0.3, 0.4) is 0 Å². The first-order valence-electron chi connectivity index (χ1n) is 15.1. The van der Waals surface area contributed by atoms with Crippen molar-refractivity contribution in [1.82, 2.24) is 36.1 Å². The highest BCUT2D eigenvalue weighted by Gasteiger charge is 2.51. The number of hydrogen-bond acceptors (Lipinski definition) is 7. The number of nitrogens with zero attached hydrogens (tertiary/aromatic N) is 3. The molecule has 12 heteroatoms. The molecule has 12 nitrogen and oxygen atoms in total. The van der Waals surface area contributed by atoms with E-state index in [4.69, 9.17) is 0 Å². The third-order valence-electron chi connectivity index (χ3n) is 8.47. The molecule has 1 aliphatic heterocycles. The van der Waals surface area contributed by atoms with Crippen molar-refractivity contribution < 1.29 is 24.0 Å². The second kappa shape index (κ2) is 13.2. The number of carbonyl (C=O) groups excluding carboxylic acids is 5. The van der Waals surface area contributed by atoms with Crippen molar-refractivity contribution in [2.75, 3.05) is 13.1 Å². The van der Waals surface area contributed by atoms with Gasteiger partial charge in [-0.1, -0.05) is 41.0 Å². The molecular weight excluding hydrogens is 538 g/mol. The number of hydrogen-bond donors (Lipinski definition) is 4. The van der Waals surface area contributed by atoms with Gasteiger partial charge in [0.05, 0.1) is 6.20 Å². The molecule has 230 valence electrons. The van der Waals surface area contributed by atoms with Gasteiger partial charge in [0.25, 0.3) is 5.91 Å². The van der Waals surface area contributed by atoms with Crippen LogP contribution in [0.15, 0.2) is 18.6 Å². The van der Waals surface area contributed by atoms with E-state index < -0.39 is 35.4 Å². The third-order valence-corrected chi connectivity index (χ3v) is 8.47. The molecule has 1 aromatic heterocycles. The van der Waals surface area contributed by atoms with E-state index >= 15 is 0 Å². The zero-order valence-electron chi connectivity index (χ0n) is 25.3. The Hall–Kier alpha value is -3.57. The highest BCUT2D eigenvalue weighted by Crippen LogP contribution is 2.43. The van der Waals surface area contributed by atoms with Gasteiger partial charge in [0.1, 0.15) is 23.8 Å². The Labute approximate surface area is 247 Å². The quantitative estimate of drug-likeness (QED) is 0.304. The maximum atomic E-state index is 14.2. The maximum absolute atomic E-state index is 14.2. The zero-order valence-corrected chi connectivity index (χ0v) is 25.3. The Morgan fingerprint density at radius 1 is 1.02 bits per heavy atom. The van der Waals surface area contributed by atoms with E-state index in [1.165, 1.54) is 18.6 Å². The Balaban J connectivity index is 1.46. The number of fused-ring (bicyclic) bond motifs is 1. The van der Waals surface area contributed by atoms with Crippen LogP contribution in [0.25, 0.3) is 0 Å². The highest BCUT2D eigenvalue weighted by atomic mass is 16.2. The molecule has 1 unspecified atom stereocenters. The summed E-state index contributed by atoms with van der Waals surface area (Å²) in [7, 11) is 0. The van der Waals surface area contributed by atoms with Crippen molar-refractivity contribution in [1.29, 1.82) is 0 Å². The summed E-state index contributed by atoms with van der Waals surface area (Å²) < 4.78 is 0. The molecule has 4 rings (SSSR count). The Bertz CT molecular complexity index is 1160. The number of rotatable bonds is 11. The van der Waals surface area contributed by atoms with E-state index in [2.05, 4.69) is 31.2 Å². The number of likely N-dealkylation sites (tertiary alicyclic amines) is 1. The molecule has 2 heterocycles. The molecule has 0 radical (unpaired) electrons. The molecule has 1 saturated heterocycles. The van der Waals surface area contributed by atoms with Crippen LogP contribution < -0.4 is 21.3 Å². The Morgan fingerprint density at radius 2 is 1.76 bits per heavy atom. The third kappa shape index (κ3) is 7.63. The van der Waals surface area contributed by atoms with Gasteiger partial charge < -0.3 is 26.2 Å². The average molecular weight is 584 g/mol. The van der Waals surface area contributed by atoms with Crippen molar-refractivity contribution in [3.05, 3.63) is 24.3 Å². The van der Waals surface area contributed by atoms with E-state index in [1.807, 2.05) is 34.6 Å². The number of nitrogens with one attached hydrogen (secondary N) is 4. The summed E-state index contributed by atoms with van der Waals surface area (Å²) in [5.41, 5.74) is -0.593. The van der Waals surface area contributed by atoms with Crippen LogP contribution in [0.1, 0.15) is 83.6 Å². The molecular formula is C30H45N7O5. The molecule has 5 amide bonds. The molecule has 3 aliphatic rings. The predicted octanol–water partition coefficient (Wildman–Crippen LogP) is 1.17. The summed E-state index contributed by atoms with van der Waals surface area (Å²) >= 11 is 0. The van der Waals surface area contributed by atoms with Crippen LogP contribution in [0.2, 0.25) is 0 Å². The lowest BCUT2D eigenvalue weighted by Crippen LogP contribution is -2.61. The first kappa shape index (κ1) is 31.4. The molecule has 4 N–H and O–H groups in total. The summed E-state index contributed by atoms with van der Waals surface area (Å²) in [6.07, 6.45) is 9.16. The smallest absolute Gasteiger partial charge is 0.272 e. The summed E-state index contributed by atoms with van der Waals surface area (Å²) in [5.74, 6) is -1.70. The van der Waals surface area contributed by atoms with Crippen molar-refractivity contribution in [2.45, 2.75) is 97.3 Å². The maximum Gasteiger partial charge on any atom is 0.272 e. The van der Waals surface area contributed by atoms with Gasteiger partial charge in [-0.25, -0.2) is 4.98 Å². The van der Waals surface area contributed by atoms with E-state index in [1.54, 1.807) is 4.90 Å². The van der Waals surface area contributed by atoms with Crippen LogP contribution in [0.4, 0.5) is 0 Å². The Morgan fingerprint density at radius 3 is 2.38 bits per heavy atom. The fourth-order valence-corrected chi connectivity index (χ4v) is 6.01. The lowest BCUT2D eigenvalue weighted by atomic mass is 9.85. The molecule has 42 heavy (non-hydrogen) atoms. The fraction of sp³-hybridized carbons (Fsp3) is 0.700. The fourth-order valence-electron chi connectivity index (χ4n) is 6.01. The summed E-state index contributed by atoms with van der Waals surface area (Å²) in [5, 5.41) is 11.5. The van der Waals surface area contributed by atoms with Gasteiger partial charge in [-0.05, 0) is 48.9 Å². The van der Waals surface area contributed by atoms with Crippen molar-refractivity contribution in [3.8, 4) is 0 Å². The molecule has 1 aromatic rings. The van der Waals surface area contributed by atoms with Gasteiger partial charge in [-0.15, -0.1) is 0 Å². The van der Waals surface area contributed by atoms with Crippen molar-refractivity contribution in [3.63, 3.8) is 0 Å². The molecule has 3 fully saturated rings. The van der Waals surface area contributed by atoms with E-state index in [9.17, 15) is 24.0 Å². The first-order chi connectivity index (χ1) is 19.9. The van der Waals surface area contributed by atoms with Gasteiger partial charge in [0, 0.05) is 37.9 Å². The topological polar surface area (TPSA) is 162 Å². The van der Waals surface area contributed by atoms with Crippen LogP contribution in [0, 0.1) is 23.2 Å². The van der Waals surface area contributed by atoms with E-state index in [-0.39, 0.29) is 60.2 Å². The minimum Gasteiger partial charge on any atom is -0.354 e. The molecule has 5 atom stereocenters. The predicted molar refractivity (Wildman–Crippen MR) is 155 cm³/mol. The molecule has 0 bridgehead atoms. The molecule has 0 spiro atoms. The Kier molecular flexibility index (Phi) is 9.83. The lowest BCUT2D eigenvalue weighted by molar-refractivity contribution is -0.145. The van der Waals surface area contributed by atoms with Gasteiger partial charge in [0.2, 0.25) is 23.6 Å². The van der Waals surface area contributed by atoms with Crippen LogP contribution in [0.5, 0.6) is 0 Å². The monoisotopic (exact) mass is 583 g/mol. The van der Waals surface area contributed by atoms with E-state index in [0.29, 0.717) is 6.54 Å². The number of aromatic nitrogens is 2. The second-order valence-corrected chi connectivity index (χ2v) is 13.3. The molecule has 0 aromatic carbocycles. The van der Waals surface area contributed by atoms with Crippen molar-refractivity contribution >= 4 is 29.5 Å². The average Bonchev–Trinajstić information content (AvgIpc) is 3.49. The SMILES string of the molecule is CC(C)[C@H](NC(=O)c1cnccn1)C(=O)N[C@H](C(=O)N1C[C@@H]2CCC[C@@H]2C1C(=O)NCCC(=O)NC1CC1)C(C)(C)C. The van der Waals surface area contributed by atoms with Gasteiger partial charge in [-0.3, -0.25) is 29.0 Å². The standard InChI is InChI=1S/C30H45N7O5/c1-17(2)23(35-26(39)21-15-31-13-14-32-21)27(40)36-25(30(3,4)5)29(42)37-16-18-7-6-8-20(18)24(37)28(41)33-12-11-22(38)34-19-9-10-19/h13-15,17-20,23-25H,6-12,16H2,1-5H3,(H,33,41)(H,34,38)(H,35,39)(H,36,40)/t18-,20-,23-,24?,25+/m0/s1. The molecule has 2 aliphatic carbocycles. The normalized spacial score (nSPS) is 23.1. The van der Waals surface area contributed by atoms with Gasteiger partial charge in [-0.2, -0.15) is 0 Å². The number of amides is 5. The summed E-state index contributed by atoms with van der Waals surface area (Å²) in [6, 6.07) is -2.25. The summed E-state index contributed by atoms with van der Waals surface area (Å²) in [6.45, 7) is 9.86. The van der Waals surface area contributed by atoms with Crippen LogP contribution in [-0.4, -0.2) is 81.7 Å². The van der Waals surface area contributed by atoms with Crippen LogP contribution in [-0.2, 0) is 19.2 Å². The zero-order chi connectivity index (χ0) is 30.6. The van der Waals surface area contributed by atoms with E-state index in [0.717, 1.165) is 32.1 Å². The number of carbonyl (C=O) groups is 5. The minimum atomic E-state index is -0.932. The van der Waals surface area contributed by atoms with Crippen molar-refractivity contribution in [2.24, 2.45) is 23.2 Å². The minimum absolute atomic E-state index is 0.0419. The lowest BCUT2D eigenvalue weighted by Gasteiger charge is -2.37.